The van der Waals surface area contributed by atoms with Gasteiger partial charge >= 0.3 is 0 Å². The molecule has 8 nitrogen and oxygen atoms in total. The highest BCUT2D eigenvalue weighted by Gasteiger charge is 2.27. The maximum Gasteiger partial charge on any atom is 0.243 e. The molecule has 0 saturated carbocycles. The number of carbonyl (C=O) groups is 1. The van der Waals surface area contributed by atoms with Crippen molar-refractivity contribution in [2.75, 3.05) is 32.7 Å². The minimum absolute atomic E-state index is 0.0758. The first-order valence-electron chi connectivity index (χ1n) is 12.6. The van der Waals surface area contributed by atoms with Gasteiger partial charge in [0.25, 0.3) is 0 Å². The third-order valence-electron chi connectivity index (χ3n) is 6.28. The Labute approximate surface area is 218 Å². The Balaban J connectivity index is 1.33. The molecule has 1 N–H and O–H groups in total. The van der Waals surface area contributed by atoms with Crippen LogP contribution in [0.1, 0.15) is 31.7 Å². The molecular weight excluding hydrogens is 493 g/mol. The van der Waals surface area contributed by atoms with E-state index in [0.717, 1.165) is 35.6 Å². The van der Waals surface area contributed by atoms with Gasteiger partial charge in [-0.05, 0) is 67.8 Å². The normalized spacial score (nSPS) is 15.6. The van der Waals surface area contributed by atoms with Gasteiger partial charge in [0.2, 0.25) is 15.9 Å². The van der Waals surface area contributed by atoms with Crippen molar-refractivity contribution in [1.29, 1.82) is 0 Å². The third kappa shape index (κ3) is 7.03. The summed E-state index contributed by atoms with van der Waals surface area (Å²) in [5.74, 6) is -0.138. The number of aromatic nitrogens is 2. The molecule has 0 atom stereocenters. The van der Waals surface area contributed by atoms with Crippen LogP contribution in [0, 0.1) is 11.7 Å². The lowest BCUT2D eigenvalue weighted by atomic mass is 10.1. The van der Waals surface area contributed by atoms with Gasteiger partial charge in [-0.3, -0.25) is 9.69 Å². The monoisotopic (exact) mass is 527 g/mol. The van der Waals surface area contributed by atoms with E-state index >= 15 is 0 Å². The molecule has 0 bridgehead atoms. The Morgan fingerprint density at radius 1 is 1.03 bits per heavy atom. The molecule has 3 aromatic rings. The first kappa shape index (κ1) is 27.0. The molecule has 10 heteroatoms. The largest absolute Gasteiger partial charge is 0.349 e. The lowest BCUT2D eigenvalue weighted by Gasteiger charge is -2.21. The molecule has 1 amide bonds. The molecule has 0 aliphatic carbocycles. The quantitative estimate of drug-likeness (QED) is 0.462. The number of sulfonamides is 1. The highest BCUT2D eigenvalue weighted by atomic mass is 32.2. The van der Waals surface area contributed by atoms with Gasteiger partial charge in [0.15, 0.2) is 0 Å². The highest BCUT2D eigenvalue weighted by molar-refractivity contribution is 7.89. The Morgan fingerprint density at radius 2 is 1.76 bits per heavy atom. The number of para-hydroxylation sites is 1. The number of amides is 1. The molecule has 1 fully saturated rings. The lowest BCUT2D eigenvalue weighted by Crippen LogP contribution is -2.39. The summed E-state index contributed by atoms with van der Waals surface area (Å²) < 4.78 is 42.4. The summed E-state index contributed by atoms with van der Waals surface area (Å²) in [5.41, 5.74) is 2.88. The van der Waals surface area contributed by atoms with Crippen LogP contribution in [-0.4, -0.2) is 66.0 Å². The van der Waals surface area contributed by atoms with Crippen molar-refractivity contribution in [3.63, 3.8) is 0 Å². The number of hydrogen-bond donors (Lipinski definition) is 1. The summed E-state index contributed by atoms with van der Waals surface area (Å²) in [5, 5.41) is 7.69. The number of carbonyl (C=O) groups excluding carboxylic acids is 1. The van der Waals surface area contributed by atoms with E-state index in [4.69, 9.17) is 5.10 Å². The van der Waals surface area contributed by atoms with Gasteiger partial charge in [-0.25, -0.2) is 17.5 Å². The van der Waals surface area contributed by atoms with Gasteiger partial charge < -0.3 is 5.32 Å². The Bertz CT molecular complexity index is 1290. The van der Waals surface area contributed by atoms with Crippen molar-refractivity contribution in [3.05, 3.63) is 77.9 Å². The first-order chi connectivity index (χ1) is 17.7. The van der Waals surface area contributed by atoms with Crippen LogP contribution in [0.4, 0.5) is 4.39 Å². The van der Waals surface area contributed by atoms with Crippen LogP contribution in [0.3, 0.4) is 0 Å². The van der Waals surface area contributed by atoms with E-state index in [9.17, 15) is 17.6 Å². The second-order valence-electron chi connectivity index (χ2n) is 9.74. The number of benzene rings is 2. The summed E-state index contributed by atoms with van der Waals surface area (Å²) in [6.45, 7) is 6.51. The number of nitrogens with zero attached hydrogens (tertiary/aromatic N) is 4. The predicted molar refractivity (Wildman–Crippen MR) is 140 cm³/mol. The fourth-order valence-corrected chi connectivity index (χ4v) is 5.94. The molecule has 0 radical (unpaired) electrons. The minimum Gasteiger partial charge on any atom is -0.349 e. The van der Waals surface area contributed by atoms with Crippen LogP contribution >= 0.6 is 0 Å². The van der Waals surface area contributed by atoms with Crippen molar-refractivity contribution >= 4 is 15.9 Å². The van der Waals surface area contributed by atoms with E-state index in [1.54, 1.807) is 0 Å². The maximum absolute atomic E-state index is 13.2. The van der Waals surface area contributed by atoms with E-state index in [-0.39, 0.29) is 23.9 Å². The van der Waals surface area contributed by atoms with Gasteiger partial charge in [-0.2, -0.15) is 9.40 Å². The van der Waals surface area contributed by atoms with Crippen LogP contribution in [-0.2, 0) is 27.8 Å². The van der Waals surface area contributed by atoms with Crippen LogP contribution < -0.4 is 5.32 Å². The van der Waals surface area contributed by atoms with E-state index < -0.39 is 15.8 Å². The van der Waals surface area contributed by atoms with Gasteiger partial charge in [0.1, 0.15) is 5.82 Å². The Hall–Kier alpha value is -3.08. The van der Waals surface area contributed by atoms with Crippen LogP contribution in [0.25, 0.3) is 5.69 Å². The Kier molecular flexibility index (Phi) is 8.73. The number of halogens is 1. The molecule has 1 aromatic heterocycles. The maximum atomic E-state index is 13.2. The van der Waals surface area contributed by atoms with Crippen molar-refractivity contribution < 1.29 is 17.6 Å². The highest BCUT2D eigenvalue weighted by Crippen LogP contribution is 2.19. The average molecular weight is 528 g/mol. The zero-order chi connectivity index (χ0) is 26.4. The first-order valence-corrected chi connectivity index (χ1v) is 14.0. The predicted octanol–water partition coefficient (Wildman–Crippen LogP) is 3.22. The van der Waals surface area contributed by atoms with E-state index in [1.165, 1.54) is 16.4 Å². The van der Waals surface area contributed by atoms with Crippen LogP contribution in [0.5, 0.6) is 0 Å². The van der Waals surface area contributed by atoms with Gasteiger partial charge in [-0.1, -0.05) is 32.0 Å². The summed E-state index contributed by atoms with van der Waals surface area (Å²) in [6, 6.07) is 16.9. The summed E-state index contributed by atoms with van der Waals surface area (Å²) in [4.78, 5) is 14.7. The standard InChI is InChI=1S/C27H34FN5O3S/c1-21(2)17-25-18-23(30-33(25)24-7-4-3-5-8-24)19-29-27(34)20-31-13-6-14-32(16-15-31)37(35,36)26-11-9-22(28)10-12-26/h3-5,7-12,18,21H,6,13-17,19-20H2,1-2H3,(H,29,34). The molecule has 0 unspecified atom stereocenters. The fourth-order valence-electron chi connectivity index (χ4n) is 4.47. The van der Waals surface area contributed by atoms with Gasteiger partial charge in [0, 0.05) is 25.3 Å². The second kappa shape index (κ2) is 12.0. The van der Waals surface area contributed by atoms with Crippen molar-refractivity contribution in [3.8, 4) is 5.69 Å². The van der Waals surface area contributed by atoms with E-state index in [1.807, 2.05) is 46.0 Å². The van der Waals surface area contributed by atoms with Crippen molar-refractivity contribution in [1.82, 2.24) is 24.3 Å². The topological polar surface area (TPSA) is 87.5 Å². The average Bonchev–Trinajstić information content (AvgIpc) is 3.11. The van der Waals surface area contributed by atoms with Gasteiger partial charge in [0.05, 0.1) is 29.4 Å². The zero-order valence-corrected chi connectivity index (χ0v) is 22.1. The molecule has 0 spiro atoms. The molecule has 198 valence electrons. The van der Waals surface area contributed by atoms with Crippen LogP contribution in [0.2, 0.25) is 0 Å². The molecule has 4 rings (SSSR count). The summed E-state index contributed by atoms with van der Waals surface area (Å²) in [7, 11) is -3.70. The molecule has 2 aromatic carbocycles. The number of hydrogen-bond acceptors (Lipinski definition) is 5. The molecule has 37 heavy (non-hydrogen) atoms. The fraction of sp³-hybridized carbons (Fsp3) is 0.407. The van der Waals surface area contributed by atoms with E-state index in [0.29, 0.717) is 38.5 Å². The Morgan fingerprint density at radius 3 is 2.46 bits per heavy atom. The van der Waals surface area contributed by atoms with Crippen molar-refractivity contribution in [2.45, 2.75) is 38.1 Å². The number of nitrogens with one attached hydrogen (secondary N) is 1. The smallest absolute Gasteiger partial charge is 0.243 e. The summed E-state index contributed by atoms with van der Waals surface area (Å²) >= 11 is 0. The zero-order valence-electron chi connectivity index (χ0n) is 21.3. The lowest BCUT2D eigenvalue weighted by molar-refractivity contribution is -0.122. The molecule has 1 aliphatic rings. The second-order valence-corrected chi connectivity index (χ2v) is 11.7. The van der Waals surface area contributed by atoms with E-state index in [2.05, 4.69) is 19.2 Å². The SMILES string of the molecule is CC(C)Cc1cc(CNC(=O)CN2CCCN(S(=O)(=O)c3ccc(F)cc3)CC2)nn1-c1ccccc1. The third-order valence-corrected chi connectivity index (χ3v) is 8.20. The number of rotatable bonds is 9. The van der Waals surface area contributed by atoms with Crippen molar-refractivity contribution in [2.24, 2.45) is 5.92 Å². The summed E-state index contributed by atoms with van der Waals surface area (Å²) in [6.07, 6.45) is 1.48. The minimum atomic E-state index is -3.70. The molecule has 2 heterocycles. The van der Waals surface area contributed by atoms with Crippen LogP contribution in [0.15, 0.2) is 65.6 Å². The molecule has 1 saturated heterocycles. The molecule has 1 aliphatic heterocycles. The van der Waals surface area contributed by atoms with Gasteiger partial charge in [-0.15, -0.1) is 0 Å². The molecular formula is C27H34FN5O3S.